The highest BCUT2D eigenvalue weighted by Gasteiger charge is 2.21. The van der Waals surface area contributed by atoms with Gasteiger partial charge >= 0.3 is 0 Å². The highest BCUT2D eigenvalue weighted by molar-refractivity contribution is 6.30. The number of nitrogens with one attached hydrogen (secondary N) is 2. The molecule has 0 atom stereocenters. The fraction of sp³-hybridized carbons (Fsp3) is 0.294. The highest BCUT2D eigenvalue weighted by Crippen LogP contribution is 2.19. The van der Waals surface area contributed by atoms with Crippen molar-refractivity contribution in [1.29, 1.82) is 0 Å². The molecule has 2 heterocycles. The molecule has 0 saturated carbocycles. The molecule has 1 fully saturated rings. The third-order valence-electron chi connectivity index (χ3n) is 4.08. The molecule has 1 aliphatic heterocycles. The van der Waals surface area contributed by atoms with Crippen molar-refractivity contribution in [3.05, 3.63) is 53.3 Å². The maximum atomic E-state index is 12.2. The number of aromatic nitrogens is 1. The smallest absolute Gasteiger partial charge is 0.253 e. The zero-order valence-corrected chi connectivity index (χ0v) is 13.9. The van der Waals surface area contributed by atoms with E-state index in [0.29, 0.717) is 23.7 Å². The van der Waals surface area contributed by atoms with Crippen LogP contribution < -0.4 is 10.2 Å². The molecule has 2 N–H and O–H groups in total. The largest absolute Gasteiger partial charge is 0.368 e. The predicted molar refractivity (Wildman–Crippen MR) is 93.4 cm³/mol. The molecule has 0 spiro atoms. The standard InChI is InChI=1S/C17H19ClN4O2/c18-14-1-3-15(4-2-14)21-7-9-22(10-8-21)16(23)12-20-17(24)13-5-6-19-11-13/h1-6,11,19H,7-10,12H2,(H,20,24). The van der Waals surface area contributed by atoms with Crippen LogP contribution in [0.5, 0.6) is 0 Å². The number of carbonyl (C=O) groups excluding carboxylic acids is 2. The summed E-state index contributed by atoms with van der Waals surface area (Å²) in [6, 6.07) is 9.37. The lowest BCUT2D eigenvalue weighted by Crippen LogP contribution is -2.51. The number of halogens is 1. The fourth-order valence-electron chi connectivity index (χ4n) is 2.70. The lowest BCUT2D eigenvalue weighted by atomic mass is 10.2. The number of hydrogen-bond donors (Lipinski definition) is 2. The number of anilines is 1. The van der Waals surface area contributed by atoms with Crippen molar-refractivity contribution in [3.8, 4) is 0 Å². The summed E-state index contributed by atoms with van der Waals surface area (Å²) in [7, 11) is 0. The van der Waals surface area contributed by atoms with Crippen molar-refractivity contribution in [3.63, 3.8) is 0 Å². The van der Waals surface area contributed by atoms with E-state index >= 15 is 0 Å². The summed E-state index contributed by atoms with van der Waals surface area (Å²) in [6.07, 6.45) is 3.28. The molecule has 1 aromatic heterocycles. The minimum atomic E-state index is -0.246. The fourth-order valence-corrected chi connectivity index (χ4v) is 2.83. The van der Waals surface area contributed by atoms with E-state index in [1.165, 1.54) is 0 Å². The van der Waals surface area contributed by atoms with Gasteiger partial charge in [0.05, 0.1) is 12.1 Å². The van der Waals surface area contributed by atoms with Gasteiger partial charge < -0.3 is 20.1 Å². The summed E-state index contributed by atoms with van der Waals surface area (Å²) in [6.45, 7) is 2.83. The van der Waals surface area contributed by atoms with E-state index < -0.39 is 0 Å². The number of carbonyl (C=O) groups is 2. The molecule has 0 aliphatic carbocycles. The van der Waals surface area contributed by atoms with Crippen LogP contribution in [0.3, 0.4) is 0 Å². The molecule has 0 radical (unpaired) electrons. The summed E-state index contributed by atoms with van der Waals surface area (Å²) < 4.78 is 0. The Morgan fingerprint density at radius 1 is 1.08 bits per heavy atom. The average molecular weight is 347 g/mol. The average Bonchev–Trinajstić information content (AvgIpc) is 3.15. The van der Waals surface area contributed by atoms with Gasteiger partial charge in [0.2, 0.25) is 5.91 Å². The predicted octanol–water partition coefficient (Wildman–Crippen LogP) is 1.75. The second kappa shape index (κ2) is 7.40. The van der Waals surface area contributed by atoms with Gasteiger partial charge in [0.25, 0.3) is 5.91 Å². The normalized spacial score (nSPS) is 14.5. The maximum Gasteiger partial charge on any atom is 0.253 e. The van der Waals surface area contributed by atoms with E-state index in [-0.39, 0.29) is 18.4 Å². The number of amides is 2. The second-order valence-corrected chi connectivity index (χ2v) is 6.06. The molecule has 0 unspecified atom stereocenters. The first kappa shape index (κ1) is 16.4. The molecule has 2 aromatic rings. The lowest BCUT2D eigenvalue weighted by molar-refractivity contribution is -0.130. The van der Waals surface area contributed by atoms with Gasteiger partial charge in [-0.25, -0.2) is 0 Å². The van der Waals surface area contributed by atoms with Crippen LogP contribution in [0.4, 0.5) is 5.69 Å². The molecular formula is C17H19ClN4O2. The van der Waals surface area contributed by atoms with Crippen LogP contribution in [0.1, 0.15) is 10.4 Å². The van der Waals surface area contributed by atoms with E-state index in [9.17, 15) is 9.59 Å². The van der Waals surface area contributed by atoms with E-state index in [4.69, 9.17) is 11.6 Å². The summed E-state index contributed by atoms with van der Waals surface area (Å²) in [5, 5.41) is 3.37. The van der Waals surface area contributed by atoms with Gasteiger partial charge in [0, 0.05) is 49.3 Å². The SMILES string of the molecule is O=C(NCC(=O)N1CCN(c2ccc(Cl)cc2)CC1)c1cc[nH]c1. The number of hydrogen-bond acceptors (Lipinski definition) is 3. The summed E-state index contributed by atoms with van der Waals surface area (Å²) >= 11 is 5.90. The summed E-state index contributed by atoms with van der Waals surface area (Å²) in [5.41, 5.74) is 1.63. The molecule has 2 amide bonds. The number of benzene rings is 1. The Morgan fingerprint density at radius 3 is 2.42 bits per heavy atom. The van der Waals surface area contributed by atoms with Gasteiger partial charge in [0.1, 0.15) is 0 Å². The Kier molecular flexibility index (Phi) is 5.05. The van der Waals surface area contributed by atoms with Gasteiger partial charge in [-0.1, -0.05) is 11.6 Å². The van der Waals surface area contributed by atoms with Gasteiger partial charge in [-0.2, -0.15) is 0 Å². The van der Waals surface area contributed by atoms with Crippen LogP contribution in [-0.4, -0.2) is 54.4 Å². The number of rotatable bonds is 4. The third kappa shape index (κ3) is 3.89. The molecule has 1 saturated heterocycles. The van der Waals surface area contributed by atoms with Crippen molar-refractivity contribution in [1.82, 2.24) is 15.2 Å². The van der Waals surface area contributed by atoms with Crippen molar-refractivity contribution < 1.29 is 9.59 Å². The van der Waals surface area contributed by atoms with Crippen molar-refractivity contribution in [2.24, 2.45) is 0 Å². The quantitative estimate of drug-likeness (QED) is 0.886. The van der Waals surface area contributed by atoms with Crippen LogP contribution in [0.25, 0.3) is 0 Å². The second-order valence-electron chi connectivity index (χ2n) is 5.63. The van der Waals surface area contributed by atoms with Gasteiger partial charge in [-0.15, -0.1) is 0 Å². The first-order valence-electron chi connectivity index (χ1n) is 7.83. The number of nitrogens with zero attached hydrogens (tertiary/aromatic N) is 2. The molecule has 7 heteroatoms. The van der Waals surface area contributed by atoms with E-state index in [2.05, 4.69) is 15.2 Å². The zero-order valence-electron chi connectivity index (χ0n) is 13.2. The Labute approximate surface area is 145 Å². The molecule has 1 aliphatic rings. The zero-order chi connectivity index (χ0) is 16.9. The van der Waals surface area contributed by atoms with Crippen molar-refractivity contribution in [2.45, 2.75) is 0 Å². The van der Waals surface area contributed by atoms with Crippen LogP contribution >= 0.6 is 11.6 Å². The maximum absolute atomic E-state index is 12.2. The van der Waals surface area contributed by atoms with E-state index in [1.54, 1.807) is 23.4 Å². The molecule has 126 valence electrons. The first-order chi connectivity index (χ1) is 11.6. The van der Waals surface area contributed by atoms with Crippen LogP contribution in [0.15, 0.2) is 42.7 Å². The molecule has 3 rings (SSSR count). The Bertz CT molecular complexity index is 692. The molecular weight excluding hydrogens is 328 g/mol. The van der Waals surface area contributed by atoms with Crippen molar-refractivity contribution >= 4 is 29.1 Å². The topological polar surface area (TPSA) is 68.4 Å². The Morgan fingerprint density at radius 2 is 1.79 bits per heavy atom. The van der Waals surface area contributed by atoms with E-state index in [0.717, 1.165) is 18.8 Å². The van der Waals surface area contributed by atoms with Crippen molar-refractivity contribution in [2.75, 3.05) is 37.6 Å². The van der Waals surface area contributed by atoms with Crippen LogP contribution in [-0.2, 0) is 4.79 Å². The third-order valence-corrected chi connectivity index (χ3v) is 4.34. The minimum Gasteiger partial charge on any atom is -0.368 e. The molecule has 24 heavy (non-hydrogen) atoms. The van der Waals surface area contributed by atoms with E-state index in [1.807, 2.05) is 24.3 Å². The lowest BCUT2D eigenvalue weighted by Gasteiger charge is -2.36. The molecule has 6 nitrogen and oxygen atoms in total. The van der Waals surface area contributed by atoms with Gasteiger partial charge in [-0.3, -0.25) is 9.59 Å². The summed E-state index contributed by atoms with van der Waals surface area (Å²) in [5.74, 6) is -0.306. The number of H-pyrrole nitrogens is 1. The Hall–Kier alpha value is -2.47. The first-order valence-corrected chi connectivity index (χ1v) is 8.20. The number of aromatic amines is 1. The Balaban J connectivity index is 1.46. The van der Waals surface area contributed by atoms with Crippen LogP contribution in [0.2, 0.25) is 5.02 Å². The van der Waals surface area contributed by atoms with Gasteiger partial charge in [0.15, 0.2) is 0 Å². The molecule has 1 aromatic carbocycles. The monoisotopic (exact) mass is 346 g/mol. The van der Waals surface area contributed by atoms with Gasteiger partial charge in [-0.05, 0) is 30.3 Å². The molecule has 0 bridgehead atoms. The van der Waals surface area contributed by atoms with Crippen LogP contribution in [0, 0.1) is 0 Å². The highest BCUT2D eigenvalue weighted by atomic mass is 35.5. The number of piperazine rings is 1. The minimum absolute atomic E-state index is 0.0188. The summed E-state index contributed by atoms with van der Waals surface area (Å²) in [4.78, 5) is 30.9.